The predicted molar refractivity (Wildman–Crippen MR) is 65.8 cm³/mol. The van der Waals surface area contributed by atoms with Gasteiger partial charge in [-0.05, 0) is 37.6 Å². The average Bonchev–Trinajstić information content (AvgIpc) is 2.26. The van der Waals surface area contributed by atoms with Gasteiger partial charge >= 0.3 is 0 Å². The van der Waals surface area contributed by atoms with Crippen LogP contribution in [0.25, 0.3) is 0 Å². The number of nitrogens with one attached hydrogen (secondary N) is 1. The lowest BCUT2D eigenvalue weighted by molar-refractivity contribution is 0.346. The number of hydrogen-bond acceptors (Lipinski definition) is 1. The molecule has 1 N–H and O–H groups in total. The van der Waals surface area contributed by atoms with E-state index in [-0.39, 0.29) is 0 Å². The fraction of sp³-hybridized carbons (Fsp3) is 0.929. The molecule has 0 spiro atoms. The Kier molecular flexibility index (Phi) is 4.98. The van der Waals surface area contributed by atoms with Crippen LogP contribution in [0.4, 0.5) is 0 Å². The van der Waals surface area contributed by atoms with Crippen LogP contribution in [-0.4, -0.2) is 13.1 Å². The highest BCUT2D eigenvalue weighted by molar-refractivity contribution is 4.98. The second-order valence-corrected chi connectivity index (χ2v) is 5.46. The van der Waals surface area contributed by atoms with E-state index in [2.05, 4.69) is 5.32 Å². The number of hydrogen-bond donors (Lipinski definition) is 1. The van der Waals surface area contributed by atoms with Gasteiger partial charge in [-0.25, -0.2) is 0 Å². The molecular formula is C14H26N. The van der Waals surface area contributed by atoms with E-state index in [0.717, 1.165) is 5.92 Å². The standard InChI is InChI=1S/C14H26N/c1-2-4-6-8-13-10-14(12-15-11-13)9-7-5-3-1/h13,15H,1-12H2. The van der Waals surface area contributed by atoms with Crippen molar-refractivity contribution in [1.29, 1.82) is 0 Å². The molecule has 1 nitrogen and oxygen atoms in total. The molecule has 1 saturated carbocycles. The Hall–Kier alpha value is -0.0400. The molecule has 87 valence electrons. The molecule has 2 fully saturated rings. The van der Waals surface area contributed by atoms with Crippen molar-refractivity contribution in [2.75, 3.05) is 13.1 Å². The summed E-state index contributed by atoms with van der Waals surface area (Å²) in [5.74, 6) is 2.78. The van der Waals surface area contributed by atoms with Gasteiger partial charge in [0, 0.05) is 6.54 Å². The Morgan fingerprint density at radius 1 is 0.867 bits per heavy atom. The first-order valence-electron chi connectivity index (χ1n) is 6.99. The summed E-state index contributed by atoms with van der Waals surface area (Å²) in [6.07, 6.45) is 14.6. The number of rotatable bonds is 0. The smallest absolute Gasteiger partial charge is 0.00138 e. The highest BCUT2D eigenvalue weighted by Crippen LogP contribution is 2.28. The van der Waals surface area contributed by atoms with E-state index >= 15 is 0 Å². The predicted octanol–water partition coefficient (Wildman–Crippen LogP) is 3.69. The van der Waals surface area contributed by atoms with Gasteiger partial charge in [-0.2, -0.15) is 0 Å². The van der Waals surface area contributed by atoms with Crippen LogP contribution < -0.4 is 5.32 Å². The average molecular weight is 208 g/mol. The molecule has 2 bridgehead atoms. The molecule has 2 rings (SSSR count). The summed E-state index contributed by atoms with van der Waals surface area (Å²) in [7, 11) is 0. The monoisotopic (exact) mass is 208 g/mol. The molecule has 1 atom stereocenters. The zero-order valence-electron chi connectivity index (χ0n) is 10.1. The summed E-state index contributed by atoms with van der Waals surface area (Å²) in [6.45, 7) is 2.50. The maximum Gasteiger partial charge on any atom is 0.00138 e. The minimum Gasteiger partial charge on any atom is -0.316 e. The summed E-state index contributed by atoms with van der Waals surface area (Å²) in [5.41, 5.74) is 0. The minimum absolute atomic E-state index is 0.966. The molecule has 1 aliphatic carbocycles. The van der Waals surface area contributed by atoms with E-state index < -0.39 is 0 Å². The molecule has 1 saturated heterocycles. The molecular weight excluding hydrogens is 182 g/mol. The fourth-order valence-electron chi connectivity index (χ4n) is 3.09. The second kappa shape index (κ2) is 6.52. The Morgan fingerprint density at radius 3 is 2.47 bits per heavy atom. The van der Waals surface area contributed by atoms with Crippen molar-refractivity contribution >= 4 is 0 Å². The van der Waals surface area contributed by atoms with E-state index in [1.807, 2.05) is 5.92 Å². The molecule has 1 unspecified atom stereocenters. The number of piperidine rings is 1. The van der Waals surface area contributed by atoms with Gasteiger partial charge in [0.25, 0.3) is 0 Å². The van der Waals surface area contributed by atoms with Gasteiger partial charge in [-0.15, -0.1) is 0 Å². The van der Waals surface area contributed by atoms with Gasteiger partial charge < -0.3 is 5.32 Å². The van der Waals surface area contributed by atoms with E-state index in [0.29, 0.717) is 0 Å². The zero-order chi connectivity index (χ0) is 10.3. The maximum atomic E-state index is 3.60. The topological polar surface area (TPSA) is 12.0 Å². The molecule has 0 aromatic carbocycles. The maximum absolute atomic E-state index is 3.60. The van der Waals surface area contributed by atoms with E-state index in [9.17, 15) is 0 Å². The lowest BCUT2D eigenvalue weighted by Gasteiger charge is -2.30. The Bertz CT molecular complexity index is 151. The van der Waals surface area contributed by atoms with Gasteiger partial charge in [0.05, 0.1) is 0 Å². The van der Waals surface area contributed by atoms with Gasteiger partial charge in [0.1, 0.15) is 0 Å². The van der Waals surface area contributed by atoms with Crippen LogP contribution in [0.2, 0.25) is 0 Å². The molecule has 15 heavy (non-hydrogen) atoms. The van der Waals surface area contributed by atoms with Crippen LogP contribution in [0, 0.1) is 11.8 Å². The Labute approximate surface area is 95.0 Å². The van der Waals surface area contributed by atoms with Crippen LogP contribution in [-0.2, 0) is 0 Å². The molecule has 1 heterocycles. The summed E-state index contributed by atoms with van der Waals surface area (Å²) < 4.78 is 0. The van der Waals surface area contributed by atoms with Crippen molar-refractivity contribution in [3.05, 3.63) is 5.92 Å². The van der Waals surface area contributed by atoms with E-state index in [1.54, 1.807) is 0 Å². The SMILES string of the molecule is C1CCCC[C]2CNCC(CCCC1)C2. The second-order valence-electron chi connectivity index (χ2n) is 5.46. The van der Waals surface area contributed by atoms with Crippen LogP contribution in [0.1, 0.15) is 64.2 Å². The van der Waals surface area contributed by atoms with Crippen molar-refractivity contribution in [3.63, 3.8) is 0 Å². The van der Waals surface area contributed by atoms with Crippen molar-refractivity contribution in [3.8, 4) is 0 Å². The van der Waals surface area contributed by atoms with Crippen LogP contribution in [0.3, 0.4) is 0 Å². The van der Waals surface area contributed by atoms with Gasteiger partial charge in [-0.3, -0.25) is 0 Å². The fourth-order valence-corrected chi connectivity index (χ4v) is 3.09. The normalized spacial score (nSPS) is 31.6. The van der Waals surface area contributed by atoms with Crippen molar-refractivity contribution in [1.82, 2.24) is 5.32 Å². The third kappa shape index (κ3) is 4.14. The van der Waals surface area contributed by atoms with Crippen molar-refractivity contribution < 1.29 is 0 Å². The zero-order valence-corrected chi connectivity index (χ0v) is 10.1. The van der Waals surface area contributed by atoms with Crippen LogP contribution in [0.15, 0.2) is 0 Å². The first-order chi connectivity index (χ1) is 7.45. The molecule has 2 aliphatic rings. The third-order valence-electron chi connectivity index (χ3n) is 4.03. The van der Waals surface area contributed by atoms with Crippen molar-refractivity contribution in [2.24, 2.45) is 5.92 Å². The third-order valence-corrected chi connectivity index (χ3v) is 4.03. The van der Waals surface area contributed by atoms with Gasteiger partial charge in [-0.1, -0.05) is 44.9 Å². The summed E-state index contributed by atoms with van der Waals surface area (Å²) in [4.78, 5) is 0. The molecule has 0 aromatic rings. The molecule has 0 aromatic heterocycles. The van der Waals surface area contributed by atoms with Crippen LogP contribution in [0.5, 0.6) is 0 Å². The van der Waals surface area contributed by atoms with E-state index in [1.165, 1.54) is 77.3 Å². The largest absolute Gasteiger partial charge is 0.316 e. The molecule has 0 amide bonds. The van der Waals surface area contributed by atoms with E-state index in [4.69, 9.17) is 0 Å². The Morgan fingerprint density at radius 2 is 1.60 bits per heavy atom. The molecule has 1 radical (unpaired) electrons. The molecule has 1 heteroatoms. The summed E-state index contributed by atoms with van der Waals surface area (Å²) >= 11 is 0. The quantitative estimate of drug-likeness (QED) is 0.640. The lowest BCUT2D eigenvalue weighted by atomic mass is 9.83. The Balaban J connectivity index is 1.78. The van der Waals surface area contributed by atoms with Crippen LogP contribution >= 0.6 is 0 Å². The lowest BCUT2D eigenvalue weighted by Crippen LogP contribution is -2.35. The highest BCUT2D eigenvalue weighted by Gasteiger charge is 2.21. The number of fused-ring (bicyclic) bond motifs is 2. The summed E-state index contributed by atoms with van der Waals surface area (Å²) in [5, 5.41) is 3.60. The van der Waals surface area contributed by atoms with Gasteiger partial charge in [0.2, 0.25) is 0 Å². The highest BCUT2D eigenvalue weighted by atomic mass is 14.9. The first-order valence-corrected chi connectivity index (χ1v) is 6.99. The van der Waals surface area contributed by atoms with Gasteiger partial charge in [0.15, 0.2) is 0 Å². The van der Waals surface area contributed by atoms with Crippen molar-refractivity contribution in [2.45, 2.75) is 64.2 Å². The minimum atomic E-state index is 0.966. The molecule has 1 aliphatic heterocycles. The first kappa shape index (κ1) is 11.4. The summed E-state index contributed by atoms with van der Waals surface area (Å²) in [6, 6.07) is 0.